The molecule has 2 aromatic rings. The first-order valence-corrected chi connectivity index (χ1v) is 9.86. The van der Waals surface area contributed by atoms with E-state index in [-0.39, 0.29) is 18.7 Å². The van der Waals surface area contributed by atoms with Crippen molar-refractivity contribution in [3.05, 3.63) is 70.2 Å². The number of hydrogen-bond acceptors (Lipinski definition) is 2. The smallest absolute Gasteiger partial charge is 0.318 e. The van der Waals surface area contributed by atoms with E-state index in [2.05, 4.69) is 28.2 Å². The molecule has 2 N–H and O–H groups in total. The minimum Gasteiger partial charge on any atom is -0.396 e. The Balaban J connectivity index is 1.85. The summed E-state index contributed by atoms with van der Waals surface area (Å²) in [4.78, 5) is 15.0. The van der Waals surface area contributed by atoms with E-state index >= 15 is 0 Å². The van der Waals surface area contributed by atoms with Crippen LogP contribution < -0.4 is 5.32 Å². The van der Waals surface area contributed by atoms with Crippen LogP contribution in [0.1, 0.15) is 43.4 Å². The SMILES string of the molecule is C[C@@H](c1ccc(Br)cc1)N1CCCC(CCO)(c2ccccc2)NC1=O. The van der Waals surface area contributed by atoms with Gasteiger partial charge >= 0.3 is 6.03 Å². The van der Waals surface area contributed by atoms with E-state index in [1.54, 1.807) is 0 Å². The number of halogens is 1. The van der Waals surface area contributed by atoms with Gasteiger partial charge in [-0.1, -0.05) is 58.4 Å². The molecule has 0 spiro atoms. The number of urea groups is 1. The molecule has 1 fully saturated rings. The lowest BCUT2D eigenvalue weighted by atomic mass is 9.83. The fourth-order valence-electron chi connectivity index (χ4n) is 3.78. The second kappa shape index (κ2) is 8.23. The Morgan fingerprint density at radius 1 is 1.19 bits per heavy atom. The molecule has 0 aliphatic carbocycles. The topological polar surface area (TPSA) is 52.6 Å². The monoisotopic (exact) mass is 416 g/mol. The fraction of sp³-hybridized carbons (Fsp3) is 0.381. The lowest BCUT2D eigenvalue weighted by molar-refractivity contribution is 0.169. The van der Waals surface area contributed by atoms with Crippen LogP contribution >= 0.6 is 15.9 Å². The van der Waals surface area contributed by atoms with Gasteiger partial charge in [-0.25, -0.2) is 4.79 Å². The van der Waals surface area contributed by atoms with Crippen LogP contribution in [0.15, 0.2) is 59.1 Å². The van der Waals surface area contributed by atoms with Crippen molar-refractivity contribution in [3.8, 4) is 0 Å². The normalized spacial score (nSPS) is 21.8. The van der Waals surface area contributed by atoms with Gasteiger partial charge in [-0.2, -0.15) is 0 Å². The van der Waals surface area contributed by atoms with Crippen LogP contribution in [0, 0.1) is 0 Å². The maximum absolute atomic E-state index is 13.1. The lowest BCUT2D eigenvalue weighted by Crippen LogP contribution is -2.49. The van der Waals surface area contributed by atoms with E-state index in [1.807, 2.05) is 59.5 Å². The molecular formula is C21H25BrN2O2. The molecule has 2 aromatic carbocycles. The minimum atomic E-state index is -0.513. The van der Waals surface area contributed by atoms with Crippen molar-refractivity contribution in [1.29, 1.82) is 0 Å². The van der Waals surface area contributed by atoms with E-state index in [1.165, 1.54) is 0 Å². The van der Waals surface area contributed by atoms with E-state index in [0.29, 0.717) is 13.0 Å². The van der Waals surface area contributed by atoms with Gasteiger partial charge in [-0.05, 0) is 49.4 Å². The highest BCUT2D eigenvalue weighted by Crippen LogP contribution is 2.34. The zero-order valence-corrected chi connectivity index (χ0v) is 16.6. The Morgan fingerprint density at radius 2 is 1.88 bits per heavy atom. The van der Waals surface area contributed by atoms with Crippen molar-refractivity contribution in [3.63, 3.8) is 0 Å². The van der Waals surface area contributed by atoms with Gasteiger partial charge in [0.05, 0.1) is 11.6 Å². The molecule has 5 heteroatoms. The summed E-state index contributed by atoms with van der Waals surface area (Å²) in [5.41, 5.74) is 1.65. The van der Waals surface area contributed by atoms with E-state index in [4.69, 9.17) is 0 Å². The van der Waals surface area contributed by atoms with Crippen molar-refractivity contribution >= 4 is 22.0 Å². The third-order valence-corrected chi connectivity index (χ3v) is 5.82. The van der Waals surface area contributed by atoms with Gasteiger partial charge in [0, 0.05) is 17.6 Å². The molecule has 26 heavy (non-hydrogen) atoms. The van der Waals surface area contributed by atoms with Gasteiger partial charge in [0.25, 0.3) is 0 Å². The van der Waals surface area contributed by atoms with Crippen LogP contribution in [0.2, 0.25) is 0 Å². The Labute approximate surface area is 163 Å². The number of hydrogen-bond donors (Lipinski definition) is 2. The van der Waals surface area contributed by atoms with Gasteiger partial charge in [-0.15, -0.1) is 0 Å². The maximum Gasteiger partial charge on any atom is 0.318 e. The first-order valence-electron chi connectivity index (χ1n) is 9.06. The van der Waals surface area contributed by atoms with Crippen LogP contribution in [0.3, 0.4) is 0 Å². The third-order valence-electron chi connectivity index (χ3n) is 5.29. The van der Waals surface area contributed by atoms with E-state index in [0.717, 1.165) is 28.4 Å². The zero-order valence-electron chi connectivity index (χ0n) is 15.0. The predicted molar refractivity (Wildman–Crippen MR) is 107 cm³/mol. The summed E-state index contributed by atoms with van der Waals surface area (Å²) in [5, 5.41) is 12.9. The molecule has 138 valence electrons. The summed E-state index contributed by atoms with van der Waals surface area (Å²) in [7, 11) is 0. The molecule has 1 heterocycles. The van der Waals surface area contributed by atoms with Crippen LogP contribution in [-0.2, 0) is 5.54 Å². The number of aliphatic hydroxyl groups is 1. The van der Waals surface area contributed by atoms with Gasteiger partial charge in [0.15, 0.2) is 0 Å². The number of amides is 2. The Bertz CT molecular complexity index is 735. The van der Waals surface area contributed by atoms with Gasteiger partial charge in [0.1, 0.15) is 0 Å². The van der Waals surface area contributed by atoms with Crippen LogP contribution in [-0.4, -0.2) is 29.2 Å². The molecule has 1 aliphatic heterocycles. The molecule has 1 unspecified atom stereocenters. The highest BCUT2D eigenvalue weighted by atomic mass is 79.9. The van der Waals surface area contributed by atoms with Crippen molar-refractivity contribution < 1.29 is 9.90 Å². The number of nitrogens with one attached hydrogen (secondary N) is 1. The number of nitrogens with zero attached hydrogens (tertiary/aromatic N) is 1. The Hall–Kier alpha value is -1.85. The molecule has 0 bridgehead atoms. The molecule has 2 amide bonds. The molecule has 0 radical (unpaired) electrons. The summed E-state index contributed by atoms with van der Waals surface area (Å²) in [6, 6.07) is 18.0. The molecule has 4 nitrogen and oxygen atoms in total. The molecule has 3 rings (SSSR count). The van der Waals surface area contributed by atoms with E-state index in [9.17, 15) is 9.90 Å². The number of benzene rings is 2. The van der Waals surface area contributed by atoms with Gasteiger partial charge in [0.2, 0.25) is 0 Å². The van der Waals surface area contributed by atoms with Crippen molar-refractivity contribution in [1.82, 2.24) is 10.2 Å². The number of carbonyl (C=O) groups is 1. The van der Waals surface area contributed by atoms with Crippen LogP contribution in [0.4, 0.5) is 4.79 Å². The highest BCUT2D eigenvalue weighted by Gasteiger charge is 2.38. The fourth-order valence-corrected chi connectivity index (χ4v) is 4.04. The maximum atomic E-state index is 13.1. The molecule has 2 atom stereocenters. The zero-order chi connectivity index (χ0) is 18.6. The average Bonchev–Trinajstić information content (AvgIpc) is 2.82. The van der Waals surface area contributed by atoms with Gasteiger partial charge in [-0.3, -0.25) is 0 Å². The standard InChI is InChI=1S/C21H25BrN2O2/c1-16(17-8-10-19(22)11-9-17)24-14-5-12-21(13-15-25,23-20(24)26)18-6-3-2-4-7-18/h2-4,6-11,16,25H,5,12-15H2,1H3,(H,23,26)/t16-,21?/m0/s1. The van der Waals surface area contributed by atoms with Crippen molar-refractivity contribution in [2.75, 3.05) is 13.2 Å². The average molecular weight is 417 g/mol. The molecule has 1 aliphatic rings. The third kappa shape index (κ3) is 3.94. The largest absolute Gasteiger partial charge is 0.396 e. The summed E-state index contributed by atoms with van der Waals surface area (Å²) < 4.78 is 1.03. The highest BCUT2D eigenvalue weighted by molar-refractivity contribution is 9.10. The first kappa shape index (κ1) is 18.9. The number of aliphatic hydroxyl groups excluding tert-OH is 1. The minimum absolute atomic E-state index is 0.0104. The van der Waals surface area contributed by atoms with Crippen LogP contribution in [0.5, 0.6) is 0 Å². The number of rotatable bonds is 5. The van der Waals surface area contributed by atoms with Crippen molar-refractivity contribution in [2.45, 2.75) is 37.8 Å². The Morgan fingerprint density at radius 3 is 2.54 bits per heavy atom. The van der Waals surface area contributed by atoms with Crippen molar-refractivity contribution in [2.24, 2.45) is 0 Å². The molecule has 0 saturated carbocycles. The summed E-state index contributed by atoms with van der Waals surface area (Å²) >= 11 is 3.46. The summed E-state index contributed by atoms with van der Waals surface area (Å²) in [6.45, 7) is 2.80. The first-order chi connectivity index (χ1) is 12.6. The molecule has 0 aromatic heterocycles. The summed E-state index contributed by atoms with van der Waals surface area (Å²) in [5.74, 6) is 0. The van der Waals surface area contributed by atoms with Crippen LogP contribution in [0.25, 0.3) is 0 Å². The van der Waals surface area contributed by atoms with Gasteiger partial charge < -0.3 is 15.3 Å². The summed E-state index contributed by atoms with van der Waals surface area (Å²) in [6.07, 6.45) is 2.21. The molecule has 1 saturated heterocycles. The second-order valence-corrected chi connectivity index (χ2v) is 7.79. The predicted octanol–water partition coefficient (Wildman–Crippen LogP) is 4.59. The second-order valence-electron chi connectivity index (χ2n) is 6.88. The number of carbonyl (C=O) groups excluding carboxylic acids is 1. The lowest BCUT2D eigenvalue weighted by Gasteiger charge is -2.35. The quantitative estimate of drug-likeness (QED) is 0.748. The molecular weight excluding hydrogens is 392 g/mol. The van der Waals surface area contributed by atoms with E-state index < -0.39 is 5.54 Å². The Kier molecular flexibility index (Phi) is 5.99.